The van der Waals surface area contributed by atoms with Crippen LogP contribution in [0.1, 0.15) is 52.8 Å². The molecule has 1 saturated heterocycles. The Morgan fingerprint density at radius 1 is 1.26 bits per heavy atom. The van der Waals surface area contributed by atoms with Gasteiger partial charge in [-0.3, -0.25) is 4.99 Å². The van der Waals surface area contributed by atoms with Gasteiger partial charge in [-0.1, -0.05) is 26.8 Å². The van der Waals surface area contributed by atoms with Crippen molar-refractivity contribution in [2.45, 2.75) is 47.0 Å². The van der Waals surface area contributed by atoms with E-state index in [9.17, 15) is 8.42 Å². The second-order valence-electron chi connectivity index (χ2n) is 8.79. The molecule has 1 atom stereocenters. The molecule has 0 bridgehead atoms. The number of aromatic nitrogens is 2. The lowest BCUT2D eigenvalue weighted by atomic mass is 9.92. The Morgan fingerprint density at radius 3 is 2.48 bits per heavy atom. The number of allylic oxidation sites excluding steroid dienone is 4. The molecule has 0 spiro atoms. The van der Waals surface area contributed by atoms with E-state index in [1.807, 2.05) is 20.0 Å². The highest BCUT2D eigenvalue weighted by molar-refractivity contribution is 7.94. The van der Waals surface area contributed by atoms with Crippen LogP contribution in [-0.4, -0.2) is 55.7 Å². The lowest BCUT2D eigenvalue weighted by Crippen LogP contribution is -2.36. The summed E-state index contributed by atoms with van der Waals surface area (Å²) in [6.45, 7) is 10.2. The molecular weight excluding hydrogens is 430 g/mol. The normalized spacial score (nSPS) is 22.0. The van der Waals surface area contributed by atoms with Crippen LogP contribution < -0.4 is 4.90 Å². The van der Waals surface area contributed by atoms with Crippen molar-refractivity contribution < 1.29 is 8.42 Å². The lowest BCUT2D eigenvalue weighted by molar-refractivity contribution is 0.500. The van der Waals surface area contributed by atoms with Crippen LogP contribution in [0.4, 0.5) is 5.13 Å². The quantitative estimate of drug-likeness (QED) is 0.481. The molecule has 3 rings (SSSR count). The topological polar surface area (TPSA) is 87.9 Å². The summed E-state index contributed by atoms with van der Waals surface area (Å²) in [5.74, 6) is 2.39. The minimum absolute atomic E-state index is 0.0534. The van der Waals surface area contributed by atoms with Gasteiger partial charge in [0.2, 0.25) is 5.13 Å². The Kier molecular flexibility index (Phi) is 7.47. The minimum atomic E-state index is -3.17. The predicted octanol–water partition coefficient (Wildman–Crippen LogP) is 4.25. The van der Waals surface area contributed by atoms with Gasteiger partial charge < -0.3 is 4.90 Å². The minimum Gasteiger partial charge on any atom is -0.347 e. The lowest BCUT2D eigenvalue weighted by Gasteiger charge is -2.31. The number of anilines is 1. The predicted molar refractivity (Wildman–Crippen MR) is 131 cm³/mol. The van der Waals surface area contributed by atoms with Crippen molar-refractivity contribution in [2.75, 3.05) is 31.3 Å². The first kappa shape index (κ1) is 23.8. The van der Waals surface area contributed by atoms with Crippen molar-refractivity contribution in [1.29, 1.82) is 0 Å². The van der Waals surface area contributed by atoms with Crippen LogP contribution in [0.15, 0.2) is 27.0 Å². The summed E-state index contributed by atoms with van der Waals surface area (Å²) in [4.78, 5) is 16.6. The van der Waals surface area contributed by atoms with Crippen LogP contribution in [0.3, 0.4) is 0 Å². The monoisotopic (exact) mass is 463 g/mol. The first-order chi connectivity index (χ1) is 14.6. The molecule has 0 aromatic carbocycles. The van der Waals surface area contributed by atoms with Crippen molar-refractivity contribution in [3.05, 3.63) is 22.9 Å². The molecule has 0 radical (unpaired) electrons. The smallest absolute Gasteiger partial charge is 0.205 e. The van der Waals surface area contributed by atoms with E-state index in [0.29, 0.717) is 23.2 Å². The van der Waals surface area contributed by atoms with Crippen molar-refractivity contribution in [2.24, 2.45) is 27.7 Å². The molecule has 0 amide bonds. The van der Waals surface area contributed by atoms with Gasteiger partial charge in [0.25, 0.3) is 0 Å². The molecule has 1 aliphatic heterocycles. The van der Waals surface area contributed by atoms with Gasteiger partial charge in [-0.2, -0.15) is 9.36 Å². The van der Waals surface area contributed by atoms with E-state index in [1.165, 1.54) is 23.5 Å². The van der Waals surface area contributed by atoms with Gasteiger partial charge in [-0.15, -0.1) is 0 Å². The van der Waals surface area contributed by atoms with Crippen LogP contribution in [0.2, 0.25) is 0 Å². The van der Waals surface area contributed by atoms with Crippen LogP contribution in [0, 0.1) is 17.8 Å². The molecule has 0 saturated carbocycles. The number of hydrogen-bond donors (Lipinski definition) is 0. The maximum atomic E-state index is 11.9. The molecule has 0 N–H and O–H groups in total. The second-order valence-corrected chi connectivity index (χ2v) is 11.5. The standard InChI is InChI=1S/C22H33N5O2S2/c1-14(2)20(23-5)24-16(4)17-9-11-27(12-10-17)22-25-21(26-30-22)18-7-8-19(15(3)13-18)31(6,28)29/h7-8,14-15,17H,9-13H2,1-6H3. The molecule has 7 nitrogen and oxygen atoms in total. The summed E-state index contributed by atoms with van der Waals surface area (Å²) >= 11 is 1.42. The zero-order chi connectivity index (χ0) is 22.8. The van der Waals surface area contributed by atoms with Crippen molar-refractivity contribution >= 4 is 43.6 Å². The number of piperidine rings is 1. The van der Waals surface area contributed by atoms with E-state index in [2.05, 4.69) is 35.0 Å². The average molecular weight is 464 g/mol. The summed E-state index contributed by atoms with van der Waals surface area (Å²) in [6.07, 6.45) is 7.55. The van der Waals surface area contributed by atoms with Crippen LogP contribution >= 0.6 is 11.5 Å². The highest BCUT2D eigenvalue weighted by Crippen LogP contribution is 2.34. The number of nitrogens with zero attached hydrogens (tertiary/aromatic N) is 5. The molecule has 1 aliphatic carbocycles. The van der Waals surface area contributed by atoms with Gasteiger partial charge in [0.1, 0.15) is 5.84 Å². The Morgan fingerprint density at radius 2 is 1.94 bits per heavy atom. The zero-order valence-corrected chi connectivity index (χ0v) is 20.9. The Hall–Kier alpha value is -1.87. The van der Waals surface area contributed by atoms with Gasteiger partial charge in [-0.05, 0) is 43.8 Å². The first-order valence-electron chi connectivity index (χ1n) is 10.8. The van der Waals surface area contributed by atoms with Crippen molar-refractivity contribution in [1.82, 2.24) is 9.36 Å². The van der Waals surface area contributed by atoms with E-state index in [4.69, 9.17) is 9.98 Å². The molecule has 2 aliphatic rings. The second kappa shape index (κ2) is 9.73. The number of aliphatic imine (C=N–C) groups is 2. The Labute approximate surface area is 190 Å². The summed E-state index contributed by atoms with van der Waals surface area (Å²) in [5.41, 5.74) is 2.17. The van der Waals surface area contributed by atoms with Gasteiger partial charge in [0.15, 0.2) is 15.7 Å². The number of sulfone groups is 1. The summed E-state index contributed by atoms with van der Waals surface area (Å²) in [7, 11) is -1.36. The van der Waals surface area contributed by atoms with Crippen LogP contribution in [0.25, 0.3) is 5.57 Å². The van der Waals surface area contributed by atoms with Crippen LogP contribution in [-0.2, 0) is 9.84 Å². The molecule has 1 aromatic heterocycles. The molecule has 1 fully saturated rings. The third-order valence-electron chi connectivity index (χ3n) is 5.98. The van der Waals surface area contributed by atoms with E-state index in [1.54, 1.807) is 6.08 Å². The number of rotatable bonds is 5. The molecule has 1 aromatic rings. The maximum absolute atomic E-state index is 11.9. The van der Waals surface area contributed by atoms with E-state index in [0.717, 1.165) is 48.3 Å². The Balaban J connectivity index is 1.66. The fourth-order valence-corrected chi connectivity index (χ4v) is 6.05. The zero-order valence-electron chi connectivity index (χ0n) is 19.3. The summed E-state index contributed by atoms with van der Waals surface area (Å²) in [6, 6.07) is 0. The Bertz CT molecular complexity index is 1030. The van der Waals surface area contributed by atoms with E-state index >= 15 is 0 Å². The maximum Gasteiger partial charge on any atom is 0.205 e. The molecule has 9 heteroatoms. The van der Waals surface area contributed by atoms with E-state index < -0.39 is 9.84 Å². The van der Waals surface area contributed by atoms with Gasteiger partial charge >= 0.3 is 0 Å². The molecule has 1 unspecified atom stereocenters. The summed E-state index contributed by atoms with van der Waals surface area (Å²) < 4.78 is 28.3. The fraction of sp³-hybridized carbons (Fsp3) is 0.636. The largest absolute Gasteiger partial charge is 0.347 e. The SMILES string of the molecule is CN=C(N=C(C)C1CCN(c2nc(C3=CC=C(S(C)(=O)=O)C(C)C3)ns2)CC1)C(C)C. The van der Waals surface area contributed by atoms with Crippen LogP contribution in [0.5, 0.6) is 0 Å². The number of amidine groups is 1. The third kappa shape index (κ3) is 5.68. The molecular formula is C22H33N5O2S2. The van der Waals surface area contributed by atoms with Gasteiger partial charge in [-0.25, -0.2) is 13.4 Å². The highest BCUT2D eigenvalue weighted by atomic mass is 32.2. The van der Waals surface area contributed by atoms with Gasteiger partial charge in [0, 0.05) is 60.4 Å². The highest BCUT2D eigenvalue weighted by Gasteiger charge is 2.27. The third-order valence-corrected chi connectivity index (χ3v) is 8.16. The molecule has 31 heavy (non-hydrogen) atoms. The van der Waals surface area contributed by atoms with Crippen molar-refractivity contribution in [3.8, 4) is 0 Å². The van der Waals surface area contributed by atoms with Crippen molar-refractivity contribution in [3.63, 3.8) is 0 Å². The number of hydrogen-bond acceptors (Lipinski definition) is 7. The average Bonchev–Trinajstić information content (AvgIpc) is 3.21. The van der Waals surface area contributed by atoms with E-state index in [-0.39, 0.29) is 5.92 Å². The fourth-order valence-electron chi connectivity index (χ4n) is 4.17. The molecule has 170 valence electrons. The summed E-state index contributed by atoms with van der Waals surface area (Å²) in [5, 5.41) is 0.937. The molecule has 2 heterocycles. The van der Waals surface area contributed by atoms with Gasteiger partial charge in [0.05, 0.1) is 0 Å². The first-order valence-corrected chi connectivity index (χ1v) is 13.5.